The topological polar surface area (TPSA) is 12.0 Å². The Morgan fingerprint density at radius 2 is 1.69 bits per heavy atom. The molecule has 0 aromatic heterocycles. The summed E-state index contributed by atoms with van der Waals surface area (Å²) in [5.41, 5.74) is 1.98. The third-order valence-electron chi connectivity index (χ3n) is 3.53. The molecule has 0 bridgehead atoms. The van der Waals surface area contributed by atoms with Crippen LogP contribution in [0.5, 0.6) is 0 Å². The minimum atomic E-state index is 0.229. The van der Waals surface area contributed by atoms with E-state index in [1.807, 2.05) is 12.1 Å². The summed E-state index contributed by atoms with van der Waals surface area (Å²) in [7, 11) is 0. The molecule has 2 rings (SSSR count). The highest BCUT2D eigenvalue weighted by molar-refractivity contribution is 6.30. The van der Waals surface area contributed by atoms with Crippen LogP contribution in [-0.4, -0.2) is 13.1 Å². The van der Waals surface area contributed by atoms with Gasteiger partial charge in [0.1, 0.15) is 0 Å². The zero-order valence-corrected chi connectivity index (χ0v) is 11.1. The van der Waals surface area contributed by atoms with E-state index < -0.39 is 0 Å². The Labute approximate surface area is 103 Å². The van der Waals surface area contributed by atoms with E-state index in [1.165, 1.54) is 12.0 Å². The highest BCUT2D eigenvalue weighted by Crippen LogP contribution is 2.39. The van der Waals surface area contributed by atoms with Crippen LogP contribution in [0, 0.1) is 5.41 Å². The summed E-state index contributed by atoms with van der Waals surface area (Å²) in [6, 6.07) is 8.30. The van der Waals surface area contributed by atoms with Crippen LogP contribution in [0.15, 0.2) is 24.3 Å². The van der Waals surface area contributed by atoms with Gasteiger partial charge in [0.25, 0.3) is 0 Å². The van der Waals surface area contributed by atoms with Gasteiger partial charge in [0.15, 0.2) is 0 Å². The average Bonchev–Trinajstić information content (AvgIpc) is 2.16. The fourth-order valence-electron chi connectivity index (χ4n) is 2.91. The van der Waals surface area contributed by atoms with E-state index in [-0.39, 0.29) is 5.41 Å². The van der Waals surface area contributed by atoms with E-state index in [1.54, 1.807) is 0 Å². The number of hydrogen-bond acceptors (Lipinski definition) is 1. The lowest BCUT2D eigenvalue weighted by Gasteiger charge is -2.43. The van der Waals surface area contributed by atoms with Gasteiger partial charge < -0.3 is 5.32 Å². The van der Waals surface area contributed by atoms with Gasteiger partial charge in [-0.25, -0.2) is 0 Å². The molecule has 1 aromatic carbocycles. The molecule has 16 heavy (non-hydrogen) atoms. The van der Waals surface area contributed by atoms with Gasteiger partial charge in [-0.3, -0.25) is 0 Å². The van der Waals surface area contributed by atoms with Gasteiger partial charge in [-0.15, -0.1) is 0 Å². The summed E-state index contributed by atoms with van der Waals surface area (Å²) in [5.74, 6) is 0. The van der Waals surface area contributed by atoms with Crippen LogP contribution in [0.25, 0.3) is 0 Å². The molecule has 0 amide bonds. The van der Waals surface area contributed by atoms with Gasteiger partial charge in [0.2, 0.25) is 0 Å². The summed E-state index contributed by atoms with van der Waals surface area (Å²) < 4.78 is 0. The molecule has 1 fully saturated rings. The molecule has 88 valence electrons. The van der Waals surface area contributed by atoms with Crippen molar-refractivity contribution in [3.63, 3.8) is 0 Å². The molecule has 1 saturated heterocycles. The molecule has 1 nitrogen and oxygen atoms in total. The quantitative estimate of drug-likeness (QED) is 0.787. The lowest BCUT2D eigenvalue weighted by atomic mass is 9.67. The first kappa shape index (κ1) is 11.9. The molecular weight excluding hydrogens is 218 g/mol. The minimum Gasteiger partial charge on any atom is -0.315 e. The molecule has 1 aliphatic rings. The monoisotopic (exact) mass is 237 g/mol. The standard InChI is InChI=1S/C14H20ClN/c1-13(2)8-14(3,10-16-9-13)11-4-6-12(15)7-5-11/h4-7,16H,8-10H2,1-3H3. The van der Waals surface area contributed by atoms with Crippen LogP contribution in [0.1, 0.15) is 32.8 Å². The largest absolute Gasteiger partial charge is 0.315 e. The van der Waals surface area contributed by atoms with Crippen molar-refractivity contribution >= 4 is 11.6 Å². The third-order valence-corrected chi connectivity index (χ3v) is 3.78. The van der Waals surface area contributed by atoms with Crippen molar-refractivity contribution in [1.82, 2.24) is 5.32 Å². The van der Waals surface area contributed by atoms with Crippen LogP contribution >= 0.6 is 11.6 Å². The van der Waals surface area contributed by atoms with Crippen molar-refractivity contribution in [3.8, 4) is 0 Å². The smallest absolute Gasteiger partial charge is 0.0406 e. The zero-order chi connectivity index (χ0) is 11.8. The van der Waals surface area contributed by atoms with Crippen molar-refractivity contribution in [3.05, 3.63) is 34.9 Å². The van der Waals surface area contributed by atoms with Crippen molar-refractivity contribution in [2.75, 3.05) is 13.1 Å². The molecule has 0 saturated carbocycles. The number of piperidine rings is 1. The Kier molecular flexibility index (Phi) is 3.02. The fourth-order valence-corrected chi connectivity index (χ4v) is 3.04. The van der Waals surface area contributed by atoms with Gasteiger partial charge in [0, 0.05) is 23.5 Å². The second-order valence-electron chi connectivity index (χ2n) is 6.01. The zero-order valence-electron chi connectivity index (χ0n) is 10.3. The Morgan fingerprint density at radius 1 is 1.06 bits per heavy atom. The molecule has 0 aliphatic carbocycles. The van der Waals surface area contributed by atoms with Crippen LogP contribution < -0.4 is 5.32 Å². The minimum absolute atomic E-state index is 0.229. The van der Waals surface area contributed by atoms with E-state index in [2.05, 4.69) is 38.2 Å². The van der Waals surface area contributed by atoms with Gasteiger partial charge in [-0.05, 0) is 29.5 Å². The third kappa shape index (κ3) is 2.41. The van der Waals surface area contributed by atoms with Crippen LogP contribution in [-0.2, 0) is 5.41 Å². The molecule has 1 aliphatic heterocycles. The van der Waals surface area contributed by atoms with E-state index >= 15 is 0 Å². The van der Waals surface area contributed by atoms with Gasteiger partial charge in [-0.1, -0.05) is 44.5 Å². The molecule has 1 N–H and O–H groups in total. The van der Waals surface area contributed by atoms with E-state index in [4.69, 9.17) is 11.6 Å². The first-order valence-electron chi connectivity index (χ1n) is 5.88. The molecule has 2 heteroatoms. The maximum Gasteiger partial charge on any atom is 0.0406 e. The summed E-state index contributed by atoms with van der Waals surface area (Å²) in [5, 5.41) is 4.36. The lowest BCUT2D eigenvalue weighted by molar-refractivity contribution is 0.180. The van der Waals surface area contributed by atoms with Crippen LogP contribution in [0.4, 0.5) is 0 Å². The molecule has 0 radical (unpaired) electrons. The first-order chi connectivity index (χ1) is 7.41. The molecule has 1 unspecified atom stereocenters. The fraction of sp³-hybridized carbons (Fsp3) is 0.571. The SMILES string of the molecule is CC1(C)CNCC(C)(c2ccc(Cl)cc2)C1. The number of rotatable bonds is 1. The van der Waals surface area contributed by atoms with Gasteiger partial charge >= 0.3 is 0 Å². The molecule has 1 aromatic rings. The molecular formula is C14H20ClN. The second kappa shape index (κ2) is 4.05. The lowest BCUT2D eigenvalue weighted by Crippen LogP contribution is -2.49. The van der Waals surface area contributed by atoms with Crippen molar-refractivity contribution in [1.29, 1.82) is 0 Å². The number of benzene rings is 1. The first-order valence-corrected chi connectivity index (χ1v) is 6.26. The van der Waals surface area contributed by atoms with Crippen LogP contribution in [0.3, 0.4) is 0 Å². The highest BCUT2D eigenvalue weighted by Gasteiger charge is 2.37. The van der Waals surface area contributed by atoms with Gasteiger partial charge in [-0.2, -0.15) is 0 Å². The molecule has 0 spiro atoms. The number of hydrogen-bond donors (Lipinski definition) is 1. The van der Waals surface area contributed by atoms with Crippen molar-refractivity contribution in [2.24, 2.45) is 5.41 Å². The van der Waals surface area contributed by atoms with E-state index in [9.17, 15) is 0 Å². The Morgan fingerprint density at radius 3 is 2.25 bits per heavy atom. The second-order valence-corrected chi connectivity index (χ2v) is 6.45. The number of halogens is 1. The summed E-state index contributed by atoms with van der Waals surface area (Å²) in [6.07, 6.45) is 1.22. The van der Waals surface area contributed by atoms with Crippen molar-refractivity contribution < 1.29 is 0 Å². The predicted octanol–water partition coefficient (Wildman–Crippen LogP) is 3.62. The number of nitrogens with one attached hydrogen (secondary N) is 1. The average molecular weight is 238 g/mol. The van der Waals surface area contributed by atoms with E-state index in [0.717, 1.165) is 18.1 Å². The highest BCUT2D eigenvalue weighted by atomic mass is 35.5. The molecule has 1 atom stereocenters. The maximum atomic E-state index is 5.94. The Hall–Kier alpha value is -0.530. The predicted molar refractivity (Wildman–Crippen MR) is 70.1 cm³/mol. The van der Waals surface area contributed by atoms with Crippen LogP contribution in [0.2, 0.25) is 5.02 Å². The van der Waals surface area contributed by atoms with E-state index in [0.29, 0.717) is 5.41 Å². The van der Waals surface area contributed by atoms with Gasteiger partial charge in [0.05, 0.1) is 0 Å². The Bertz CT molecular complexity index is 369. The summed E-state index contributed by atoms with van der Waals surface area (Å²) in [4.78, 5) is 0. The maximum absolute atomic E-state index is 5.94. The van der Waals surface area contributed by atoms with Crippen molar-refractivity contribution in [2.45, 2.75) is 32.6 Å². The summed E-state index contributed by atoms with van der Waals surface area (Å²) >= 11 is 5.94. The molecule has 1 heterocycles. The summed E-state index contributed by atoms with van der Waals surface area (Å²) in [6.45, 7) is 9.15. The normalized spacial score (nSPS) is 29.0. The Balaban J connectivity index is 2.27.